The number of hydrogen-bond acceptors (Lipinski definition) is 1. The van der Waals surface area contributed by atoms with Gasteiger partial charge in [0.05, 0.1) is 6.10 Å². The van der Waals surface area contributed by atoms with Crippen LogP contribution in [0, 0.1) is 5.92 Å². The van der Waals surface area contributed by atoms with Crippen LogP contribution in [0.1, 0.15) is 84.5 Å². The first-order valence-electron chi connectivity index (χ1n) is 7.90. The van der Waals surface area contributed by atoms with Gasteiger partial charge in [-0.25, -0.2) is 0 Å². The van der Waals surface area contributed by atoms with Crippen LogP contribution in [0.4, 0.5) is 0 Å². The van der Waals surface area contributed by atoms with Crippen molar-refractivity contribution in [2.24, 2.45) is 5.92 Å². The second-order valence-electron chi connectivity index (χ2n) is 6.01. The predicted molar refractivity (Wildman–Crippen MR) is 75.4 cm³/mol. The third kappa shape index (κ3) is 8.65. The van der Waals surface area contributed by atoms with Crippen LogP contribution in [0.25, 0.3) is 0 Å². The Morgan fingerprint density at radius 3 is 1.59 bits per heavy atom. The summed E-state index contributed by atoms with van der Waals surface area (Å²) in [6.45, 7) is 5.29. The van der Waals surface area contributed by atoms with Gasteiger partial charge in [-0.05, 0) is 32.6 Å². The van der Waals surface area contributed by atoms with E-state index in [4.69, 9.17) is 4.74 Å². The first-order chi connectivity index (χ1) is 8.29. The van der Waals surface area contributed by atoms with E-state index in [0.717, 1.165) is 12.5 Å². The van der Waals surface area contributed by atoms with E-state index in [1.165, 1.54) is 70.6 Å². The highest BCUT2D eigenvalue weighted by molar-refractivity contribution is 4.62. The van der Waals surface area contributed by atoms with Crippen molar-refractivity contribution in [2.45, 2.75) is 90.6 Å². The molecule has 0 aliphatic heterocycles. The topological polar surface area (TPSA) is 9.23 Å². The van der Waals surface area contributed by atoms with Gasteiger partial charge in [-0.15, -0.1) is 0 Å². The molecule has 0 spiro atoms. The molecule has 102 valence electrons. The van der Waals surface area contributed by atoms with Crippen LogP contribution < -0.4 is 0 Å². The summed E-state index contributed by atoms with van der Waals surface area (Å²) in [5, 5.41) is 0. The second-order valence-corrected chi connectivity index (χ2v) is 6.01. The lowest BCUT2D eigenvalue weighted by Gasteiger charge is -2.19. The zero-order valence-corrected chi connectivity index (χ0v) is 12.0. The van der Waals surface area contributed by atoms with Gasteiger partial charge >= 0.3 is 0 Å². The van der Waals surface area contributed by atoms with Gasteiger partial charge in [0, 0.05) is 6.61 Å². The lowest BCUT2D eigenvalue weighted by molar-refractivity contribution is 0.0452. The zero-order valence-electron chi connectivity index (χ0n) is 12.0. The van der Waals surface area contributed by atoms with Gasteiger partial charge in [0.1, 0.15) is 0 Å². The predicted octanol–water partition coefficient (Wildman–Crippen LogP) is 5.33. The lowest BCUT2D eigenvalue weighted by atomic mass is 9.93. The van der Waals surface area contributed by atoms with Gasteiger partial charge in [0.25, 0.3) is 0 Å². The van der Waals surface area contributed by atoms with Gasteiger partial charge in [-0.3, -0.25) is 0 Å². The number of ether oxygens (including phenoxy) is 1. The molecular weight excluding hydrogens is 208 g/mol. The van der Waals surface area contributed by atoms with Gasteiger partial charge < -0.3 is 4.74 Å². The van der Waals surface area contributed by atoms with Crippen molar-refractivity contribution in [1.29, 1.82) is 0 Å². The Morgan fingerprint density at radius 1 is 0.765 bits per heavy atom. The Hall–Kier alpha value is -0.0400. The van der Waals surface area contributed by atoms with Crippen molar-refractivity contribution < 1.29 is 4.74 Å². The Bertz CT molecular complexity index is 153. The summed E-state index contributed by atoms with van der Waals surface area (Å²) in [5.74, 6) is 0.830. The molecule has 1 saturated carbocycles. The summed E-state index contributed by atoms with van der Waals surface area (Å²) in [4.78, 5) is 0. The average Bonchev–Trinajstić information content (AvgIpc) is 2.28. The molecule has 0 aromatic heterocycles. The first kappa shape index (κ1) is 15.0. The highest BCUT2D eigenvalue weighted by atomic mass is 16.5. The lowest BCUT2D eigenvalue weighted by Crippen LogP contribution is -2.14. The molecule has 1 heteroatoms. The van der Waals surface area contributed by atoms with Gasteiger partial charge in [-0.1, -0.05) is 57.8 Å². The molecule has 1 nitrogen and oxygen atoms in total. The molecule has 17 heavy (non-hydrogen) atoms. The maximum atomic E-state index is 5.81. The fourth-order valence-electron chi connectivity index (χ4n) is 2.74. The molecule has 1 fully saturated rings. The monoisotopic (exact) mass is 240 g/mol. The smallest absolute Gasteiger partial charge is 0.0519 e. The molecule has 0 heterocycles. The zero-order chi connectivity index (χ0) is 12.3. The highest BCUT2D eigenvalue weighted by Crippen LogP contribution is 2.21. The fourth-order valence-corrected chi connectivity index (χ4v) is 2.74. The van der Waals surface area contributed by atoms with E-state index in [9.17, 15) is 0 Å². The third-order valence-corrected chi connectivity index (χ3v) is 3.89. The van der Waals surface area contributed by atoms with Gasteiger partial charge in [0.2, 0.25) is 0 Å². The third-order valence-electron chi connectivity index (χ3n) is 3.89. The van der Waals surface area contributed by atoms with E-state index in [2.05, 4.69) is 13.8 Å². The maximum absolute atomic E-state index is 5.81. The Kier molecular flexibility index (Phi) is 8.78. The minimum Gasteiger partial charge on any atom is -0.379 e. The standard InChI is InChI=1S/C16H32O/c1-15(2)17-14-16-12-10-8-6-4-3-5-7-9-11-13-16/h15-16H,3-14H2,1-2H3. The maximum Gasteiger partial charge on any atom is 0.0519 e. The molecule has 1 aliphatic rings. The van der Waals surface area contributed by atoms with Crippen LogP contribution in [0.15, 0.2) is 0 Å². The second kappa shape index (κ2) is 9.94. The van der Waals surface area contributed by atoms with Crippen LogP contribution in [0.3, 0.4) is 0 Å². The number of rotatable bonds is 3. The molecule has 0 bridgehead atoms. The minimum atomic E-state index is 0.399. The number of hydrogen-bond donors (Lipinski definition) is 0. The van der Waals surface area contributed by atoms with Crippen LogP contribution in [0.5, 0.6) is 0 Å². The Balaban J connectivity index is 2.22. The normalized spacial score (nSPS) is 22.1. The SMILES string of the molecule is CC(C)OCC1CCCCCCCCCCC1. The molecule has 0 saturated heterocycles. The molecule has 0 amide bonds. The molecule has 0 unspecified atom stereocenters. The Labute approximate surface area is 108 Å². The van der Waals surface area contributed by atoms with Crippen LogP contribution in [-0.4, -0.2) is 12.7 Å². The molecule has 1 aliphatic carbocycles. The molecule has 0 aromatic carbocycles. The van der Waals surface area contributed by atoms with E-state index in [1.807, 2.05) is 0 Å². The largest absolute Gasteiger partial charge is 0.379 e. The summed E-state index contributed by atoms with van der Waals surface area (Å²) in [7, 11) is 0. The highest BCUT2D eigenvalue weighted by Gasteiger charge is 2.10. The summed E-state index contributed by atoms with van der Waals surface area (Å²) in [6.07, 6.45) is 16.2. The average molecular weight is 240 g/mol. The van der Waals surface area contributed by atoms with E-state index in [0.29, 0.717) is 6.10 Å². The van der Waals surface area contributed by atoms with Crippen LogP contribution >= 0.6 is 0 Å². The molecule has 0 N–H and O–H groups in total. The summed E-state index contributed by atoms with van der Waals surface area (Å²) in [6, 6.07) is 0. The fraction of sp³-hybridized carbons (Fsp3) is 1.00. The van der Waals surface area contributed by atoms with Crippen LogP contribution in [0.2, 0.25) is 0 Å². The van der Waals surface area contributed by atoms with E-state index < -0.39 is 0 Å². The Morgan fingerprint density at radius 2 is 1.18 bits per heavy atom. The van der Waals surface area contributed by atoms with Crippen molar-refractivity contribution in [3.05, 3.63) is 0 Å². The molecule has 0 atom stereocenters. The minimum absolute atomic E-state index is 0.399. The van der Waals surface area contributed by atoms with Crippen molar-refractivity contribution >= 4 is 0 Å². The quantitative estimate of drug-likeness (QED) is 0.647. The van der Waals surface area contributed by atoms with Crippen molar-refractivity contribution in [2.75, 3.05) is 6.61 Å². The van der Waals surface area contributed by atoms with Crippen LogP contribution in [-0.2, 0) is 4.74 Å². The van der Waals surface area contributed by atoms with E-state index in [1.54, 1.807) is 0 Å². The van der Waals surface area contributed by atoms with Crippen molar-refractivity contribution in [3.63, 3.8) is 0 Å². The molecule has 1 rings (SSSR count). The summed E-state index contributed by atoms with van der Waals surface area (Å²) >= 11 is 0. The molecular formula is C16H32O. The summed E-state index contributed by atoms with van der Waals surface area (Å²) < 4.78 is 5.81. The molecule has 0 aromatic rings. The van der Waals surface area contributed by atoms with E-state index in [-0.39, 0.29) is 0 Å². The van der Waals surface area contributed by atoms with Crippen molar-refractivity contribution in [3.8, 4) is 0 Å². The van der Waals surface area contributed by atoms with Crippen molar-refractivity contribution in [1.82, 2.24) is 0 Å². The van der Waals surface area contributed by atoms with Gasteiger partial charge in [0.15, 0.2) is 0 Å². The first-order valence-corrected chi connectivity index (χ1v) is 7.90. The van der Waals surface area contributed by atoms with Gasteiger partial charge in [-0.2, -0.15) is 0 Å². The molecule has 0 radical (unpaired) electrons. The van der Waals surface area contributed by atoms with E-state index >= 15 is 0 Å². The summed E-state index contributed by atoms with van der Waals surface area (Å²) in [5.41, 5.74) is 0.